The van der Waals surface area contributed by atoms with Gasteiger partial charge in [-0.15, -0.1) is 23.7 Å². The number of aryl methyl sites for hydroxylation is 1. The number of amides is 1. The highest BCUT2D eigenvalue weighted by Gasteiger charge is 2.20. The van der Waals surface area contributed by atoms with E-state index in [4.69, 9.17) is 4.74 Å². The third-order valence-corrected chi connectivity index (χ3v) is 4.64. The number of thiazole rings is 1. The fourth-order valence-electron chi connectivity index (χ4n) is 2.54. The van der Waals surface area contributed by atoms with Crippen LogP contribution in [0.5, 0.6) is 5.75 Å². The molecule has 1 aromatic heterocycles. The summed E-state index contributed by atoms with van der Waals surface area (Å²) in [6.45, 7) is 3.96. The number of carbonyl (C=O) groups excluding carboxylic acids is 1. The lowest BCUT2D eigenvalue weighted by atomic mass is 10.1. The molecular weight excluding hydrogens is 346 g/mol. The predicted octanol–water partition coefficient (Wildman–Crippen LogP) is 2.82. The molecule has 1 amide bonds. The van der Waals surface area contributed by atoms with Crippen LogP contribution in [0.3, 0.4) is 0 Å². The van der Waals surface area contributed by atoms with Crippen LogP contribution < -0.4 is 15.4 Å². The summed E-state index contributed by atoms with van der Waals surface area (Å²) in [5.74, 6) is 0.935. The van der Waals surface area contributed by atoms with Crippen LogP contribution >= 0.6 is 23.7 Å². The van der Waals surface area contributed by atoms with Crippen molar-refractivity contribution in [2.24, 2.45) is 0 Å². The Kier molecular flexibility index (Phi) is 7.02. The van der Waals surface area contributed by atoms with E-state index in [2.05, 4.69) is 15.6 Å². The largest absolute Gasteiger partial charge is 0.487 e. The van der Waals surface area contributed by atoms with E-state index >= 15 is 0 Å². The van der Waals surface area contributed by atoms with Crippen LogP contribution in [0.4, 0.5) is 0 Å². The Morgan fingerprint density at radius 1 is 1.38 bits per heavy atom. The lowest BCUT2D eigenvalue weighted by molar-refractivity contribution is -0.124. The predicted molar refractivity (Wildman–Crippen MR) is 97.7 cm³/mol. The van der Waals surface area contributed by atoms with Gasteiger partial charge in [-0.1, -0.05) is 12.1 Å². The molecule has 1 fully saturated rings. The van der Waals surface area contributed by atoms with Gasteiger partial charge in [0.1, 0.15) is 12.4 Å². The number of hydrogen-bond donors (Lipinski definition) is 2. The van der Waals surface area contributed by atoms with Crippen molar-refractivity contribution in [3.8, 4) is 5.75 Å². The van der Waals surface area contributed by atoms with E-state index in [1.807, 2.05) is 36.6 Å². The first-order valence-corrected chi connectivity index (χ1v) is 8.72. The molecule has 0 spiro atoms. The number of nitrogens with one attached hydrogen (secondary N) is 2. The standard InChI is InChI=1S/C17H21N3O2S.ClH/c1-12-20-14(11-23-12)10-22-15-6-4-13(5-7-15)9-19-16-3-2-8-18-17(16)21;/h4-7,11,16,19H,2-3,8-10H2,1H3,(H,18,21);1H. The van der Waals surface area contributed by atoms with Crippen molar-refractivity contribution in [3.05, 3.63) is 45.9 Å². The molecule has 7 heteroatoms. The fourth-order valence-corrected chi connectivity index (χ4v) is 3.14. The second kappa shape index (κ2) is 9.01. The molecule has 1 aliphatic heterocycles. The van der Waals surface area contributed by atoms with Crippen molar-refractivity contribution in [1.82, 2.24) is 15.6 Å². The van der Waals surface area contributed by atoms with Crippen LogP contribution in [-0.2, 0) is 17.9 Å². The van der Waals surface area contributed by atoms with Crippen molar-refractivity contribution in [2.45, 2.75) is 39.0 Å². The average Bonchev–Trinajstić information content (AvgIpc) is 2.99. The Morgan fingerprint density at radius 2 is 2.17 bits per heavy atom. The second-order valence-corrected chi connectivity index (χ2v) is 6.72. The highest BCUT2D eigenvalue weighted by atomic mass is 35.5. The van der Waals surface area contributed by atoms with Crippen molar-refractivity contribution >= 4 is 29.7 Å². The van der Waals surface area contributed by atoms with Gasteiger partial charge in [-0.3, -0.25) is 4.79 Å². The van der Waals surface area contributed by atoms with E-state index in [1.54, 1.807) is 11.3 Å². The van der Waals surface area contributed by atoms with Gasteiger partial charge < -0.3 is 15.4 Å². The minimum Gasteiger partial charge on any atom is -0.487 e. The zero-order chi connectivity index (χ0) is 16.1. The topological polar surface area (TPSA) is 63.2 Å². The molecule has 3 rings (SSSR count). The van der Waals surface area contributed by atoms with Crippen LogP contribution in [0, 0.1) is 6.92 Å². The van der Waals surface area contributed by atoms with Crippen LogP contribution in [0.2, 0.25) is 0 Å². The molecule has 130 valence electrons. The summed E-state index contributed by atoms with van der Waals surface area (Å²) in [4.78, 5) is 16.1. The van der Waals surface area contributed by atoms with Crippen LogP contribution in [-0.4, -0.2) is 23.5 Å². The minimum absolute atomic E-state index is 0. The zero-order valence-corrected chi connectivity index (χ0v) is 15.2. The van der Waals surface area contributed by atoms with Crippen molar-refractivity contribution in [2.75, 3.05) is 6.54 Å². The van der Waals surface area contributed by atoms with Crippen LogP contribution in [0.1, 0.15) is 29.1 Å². The maximum Gasteiger partial charge on any atom is 0.237 e. The van der Waals surface area contributed by atoms with Gasteiger partial charge in [-0.05, 0) is 37.5 Å². The van der Waals surface area contributed by atoms with Gasteiger partial charge in [0.2, 0.25) is 5.91 Å². The van der Waals surface area contributed by atoms with Gasteiger partial charge in [-0.25, -0.2) is 4.98 Å². The summed E-state index contributed by atoms with van der Waals surface area (Å²) in [6.07, 6.45) is 1.94. The summed E-state index contributed by atoms with van der Waals surface area (Å²) in [7, 11) is 0. The summed E-state index contributed by atoms with van der Waals surface area (Å²) in [6, 6.07) is 7.88. The molecule has 0 saturated carbocycles. The number of ether oxygens (including phenoxy) is 1. The molecule has 1 aromatic carbocycles. The van der Waals surface area contributed by atoms with Crippen molar-refractivity contribution in [1.29, 1.82) is 0 Å². The molecule has 1 atom stereocenters. The minimum atomic E-state index is -0.0763. The molecule has 0 aliphatic carbocycles. The molecule has 2 aromatic rings. The van der Waals surface area contributed by atoms with E-state index < -0.39 is 0 Å². The number of carbonyl (C=O) groups is 1. The smallest absolute Gasteiger partial charge is 0.237 e. The molecule has 0 bridgehead atoms. The first kappa shape index (κ1) is 18.7. The van der Waals surface area contributed by atoms with Gasteiger partial charge in [-0.2, -0.15) is 0 Å². The van der Waals surface area contributed by atoms with E-state index in [9.17, 15) is 4.79 Å². The van der Waals surface area contributed by atoms with E-state index in [-0.39, 0.29) is 24.4 Å². The molecule has 0 radical (unpaired) electrons. The van der Waals surface area contributed by atoms with Gasteiger partial charge in [0.05, 0.1) is 16.7 Å². The van der Waals surface area contributed by atoms with Crippen molar-refractivity contribution < 1.29 is 9.53 Å². The second-order valence-electron chi connectivity index (χ2n) is 5.66. The zero-order valence-electron chi connectivity index (χ0n) is 13.6. The van der Waals surface area contributed by atoms with E-state index in [0.717, 1.165) is 41.4 Å². The quantitative estimate of drug-likeness (QED) is 0.824. The number of rotatable bonds is 6. The van der Waals surface area contributed by atoms with Crippen LogP contribution in [0.15, 0.2) is 29.6 Å². The molecule has 1 aliphatic rings. The summed E-state index contributed by atoms with van der Waals surface area (Å²) < 4.78 is 5.73. The molecule has 1 saturated heterocycles. The third-order valence-electron chi connectivity index (χ3n) is 3.81. The third kappa shape index (κ3) is 5.19. The highest BCUT2D eigenvalue weighted by molar-refractivity contribution is 7.09. The number of halogens is 1. The fraction of sp³-hybridized carbons (Fsp3) is 0.412. The van der Waals surface area contributed by atoms with Crippen LogP contribution in [0.25, 0.3) is 0 Å². The van der Waals surface area contributed by atoms with Gasteiger partial charge in [0, 0.05) is 18.5 Å². The molecule has 2 N–H and O–H groups in total. The Morgan fingerprint density at radius 3 is 2.83 bits per heavy atom. The summed E-state index contributed by atoms with van der Waals surface area (Å²) in [5.41, 5.74) is 2.10. The Labute approximate surface area is 152 Å². The Hall–Kier alpha value is -1.63. The first-order valence-electron chi connectivity index (χ1n) is 7.84. The summed E-state index contributed by atoms with van der Waals surface area (Å²) >= 11 is 1.63. The van der Waals surface area contributed by atoms with E-state index in [0.29, 0.717) is 13.2 Å². The van der Waals surface area contributed by atoms with E-state index in [1.165, 1.54) is 0 Å². The molecule has 2 heterocycles. The molecule has 5 nitrogen and oxygen atoms in total. The number of hydrogen-bond acceptors (Lipinski definition) is 5. The Balaban J connectivity index is 0.00000208. The number of benzene rings is 1. The first-order chi connectivity index (χ1) is 11.2. The number of piperidine rings is 1. The lowest BCUT2D eigenvalue weighted by Gasteiger charge is -2.22. The average molecular weight is 368 g/mol. The lowest BCUT2D eigenvalue weighted by Crippen LogP contribution is -2.47. The molecular formula is C17H22ClN3O2S. The SMILES string of the molecule is Cc1nc(COc2ccc(CNC3CCCNC3=O)cc2)cs1.Cl. The van der Waals surface area contributed by atoms with Gasteiger partial charge in [0.25, 0.3) is 0 Å². The monoisotopic (exact) mass is 367 g/mol. The maximum atomic E-state index is 11.7. The Bertz CT molecular complexity index is 660. The molecule has 1 unspecified atom stereocenters. The number of nitrogens with zero attached hydrogens (tertiary/aromatic N) is 1. The number of aromatic nitrogens is 1. The van der Waals surface area contributed by atoms with Gasteiger partial charge >= 0.3 is 0 Å². The maximum absolute atomic E-state index is 11.7. The van der Waals surface area contributed by atoms with Crippen molar-refractivity contribution in [3.63, 3.8) is 0 Å². The summed E-state index contributed by atoms with van der Waals surface area (Å²) in [5, 5.41) is 9.26. The highest BCUT2D eigenvalue weighted by Crippen LogP contribution is 2.16. The normalized spacial score (nSPS) is 17.0. The van der Waals surface area contributed by atoms with Gasteiger partial charge in [0.15, 0.2) is 0 Å². The molecule has 24 heavy (non-hydrogen) atoms.